The molecule has 2 fully saturated rings. The van der Waals surface area contributed by atoms with E-state index in [9.17, 15) is 14.4 Å². The maximum Gasteiger partial charge on any atom is 0.322 e. The third kappa shape index (κ3) is 2.67. The summed E-state index contributed by atoms with van der Waals surface area (Å²) >= 11 is 0. The molecule has 3 amide bonds. The average molecular weight is 287 g/mol. The van der Waals surface area contributed by atoms with Crippen molar-refractivity contribution in [3.8, 4) is 0 Å². The molecule has 6 nitrogen and oxygen atoms in total. The summed E-state index contributed by atoms with van der Waals surface area (Å²) in [6.45, 7) is 1.58. The monoisotopic (exact) mass is 287 g/mol. The minimum atomic E-state index is -0.774. The van der Waals surface area contributed by atoms with E-state index in [0.29, 0.717) is 38.0 Å². The lowest BCUT2D eigenvalue weighted by molar-refractivity contribution is -0.125. The first-order valence-electron chi connectivity index (χ1n) is 7.03. The molecule has 0 aliphatic carbocycles. The number of hydrogen-bond donors (Lipinski definition) is 2. The number of Topliss-reactive ketones (excluding diaryl/α,β-unsaturated/α-hetero) is 1. The number of carbonyl (C=O) groups is 3. The molecule has 2 aliphatic heterocycles. The van der Waals surface area contributed by atoms with Crippen LogP contribution in [0.3, 0.4) is 0 Å². The highest BCUT2D eigenvalue weighted by Gasteiger charge is 2.47. The molecular weight excluding hydrogens is 270 g/mol. The predicted octanol–water partition coefficient (Wildman–Crippen LogP) is 0.543. The Morgan fingerprint density at radius 2 is 1.81 bits per heavy atom. The number of ketones is 1. The highest BCUT2D eigenvalue weighted by molar-refractivity contribution is 6.07. The second-order valence-electron chi connectivity index (χ2n) is 5.56. The van der Waals surface area contributed by atoms with E-state index in [2.05, 4.69) is 10.6 Å². The lowest BCUT2D eigenvalue weighted by Crippen LogP contribution is -2.55. The molecular formula is C15H17N3O3. The summed E-state index contributed by atoms with van der Waals surface area (Å²) in [4.78, 5) is 37.3. The zero-order valence-electron chi connectivity index (χ0n) is 11.6. The summed E-state index contributed by atoms with van der Waals surface area (Å²) in [5.41, 5.74) is -0.0756. The van der Waals surface area contributed by atoms with Gasteiger partial charge in [0.1, 0.15) is 5.54 Å². The van der Waals surface area contributed by atoms with Crippen molar-refractivity contribution in [3.05, 3.63) is 35.9 Å². The SMILES string of the molecule is O=C1NC(=O)C2(CCN(CC(=O)c3ccccc3)CC2)N1. The van der Waals surface area contributed by atoms with Crippen LogP contribution in [0.2, 0.25) is 0 Å². The number of nitrogens with zero attached hydrogens (tertiary/aromatic N) is 1. The first kappa shape index (κ1) is 13.8. The highest BCUT2D eigenvalue weighted by Crippen LogP contribution is 2.25. The van der Waals surface area contributed by atoms with Crippen molar-refractivity contribution < 1.29 is 14.4 Å². The minimum Gasteiger partial charge on any atom is -0.323 e. The summed E-state index contributed by atoms with van der Waals surface area (Å²) < 4.78 is 0. The third-order valence-electron chi connectivity index (χ3n) is 4.19. The van der Waals surface area contributed by atoms with Gasteiger partial charge in [0.25, 0.3) is 5.91 Å². The van der Waals surface area contributed by atoms with Gasteiger partial charge in [-0.05, 0) is 12.8 Å². The van der Waals surface area contributed by atoms with Gasteiger partial charge in [-0.25, -0.2) is 4.79 Å². The fourth-order valence-electron chi connectivity index (χ4n) is 2.89. The summed E-state index contributed by atoms with van der Waals surface area (Å²) in [6.07, 6.45) is 1.07. The number of rotatable bonds is 3. The first-order valence-corrected chi connectivity index (χ1v) is 7.03. The van der Waals surface area contributed by atoms with Crippen molar-refractivity contribution in [1.29, 1.82) is 0 Å². The number of nitrogens with one attached hydrogen (secondary N) is 2. The van der Waals surface area contributed by atoms with Crippen molar-refractivity contribution in [3.63, 3.8) is 0 Å². The van der Waals surface area contributed by atoms with Crippen molar-refractivity contribution in [2.75, 3.05) is 19.6 Å². The number of amides is 3. The molecule has 2 aliphatic rings. The number of carbonyl (C=O) groups excluding carboxylic acids is 3. The fraction of sp³-hybridized carbons (Fsp3) is 0.400. The normalized spacial score (nSPS) is 21.1. The van der Waals surface area contributed by atoms with Crippen molar-refractivity contribution in [1.82, 2.24) is 15.5 Å². The van der Waals surface area contributed by atoms with Gasteiger partial charge in [0.2, 0.25) is 0 Å². The van der Waals surface area contributed by atoms with Gasteiger partial charge in [-0.3, -0.25) is 19.8 Å². The molecule has 3 rings (SSSR count). The molecule has 1 aromatic rings. The van der Waals surface area contributed by atoms with E-state index in [1.54, 1.807) is 12.1 Å². The Balaban J connectivity index is 1.58. The van der Waals surface area contributed by atoms with Gasteiger partial charge < -0.3 is 5.32 Å². The number of benzene rings is 1. The van der Waals surface area contributed by atoms with E-state index in [-0.39, 0.29) is 11.7 Å². The van der Waals surface area contributed by atoms with Crippen LogP contribution in [0, 0.1) is 0 Å². The molecule has 0 unspecified atom stereocenters. The molecule has 1 spiro atoms. The number of urea groups is 1. The van der Waals surface area contributed by atoms with E-state index in [1.165, 1.54) is 0 Å². The molecule has 0 radical (unpaired) electrons. The molecule has 0 saturated carbocycles. The molecule has 1 aromatic carbocycles. The van der Waals surface area contributed by atoms with Crippen LogP contribution in [-0.4, -0.2) is 47.8 Å². The molecule has 110 valence electrons. The Morgan fingerprint density at radius 3 is 2.38 bits per heavy atom. The predicted molar refractivity (Wildman–Crippen MR) is 75.9 cm³/mol. The molecule has 21 heavy (non-hydrogen) atoms. The van der Waals surface area contributed by atoms with E-state index in [4.69, 9.17) is 0 Å². The first-order chi connectivity index (χ1) is 10.1. The summed E-state index contributed by atoms with van der Waals surface area (Å²) in [5.74, 6) is -0.173. The fourth-order valence-corrected chi connectivity index (χ4v) is 2.89. The van der Waals surface area contributed by atoms with Crippen molar-refractivity contribution in [2.45, 2.75) is 18.4 Å². The number of piperidine rings is 1. The Hall–Kier alpha value is -2.21. The second-order valence-corrected chi connectivity index (χ2v) is 5.56. The number of likely N-dealkylation sites (tertiary alicyclic amines) is 1. The van der Waals surface area contributed by atoms with E-state index in [1.807, 2.05) is 23.1 Å². The zero-order chi connectivity index (χ0) is 14.9. The smallest absolute Gasteiger partial charge is 0.322 e. The van der Waals surface area contributed by atoms with Crippen LogP contribution in [-0.2, 0) is 4.79 Å². The standard InChI is InChI=1S/C15H17N3O3/c19-12(11-4-2-1-3-5-11)10-18-8-6-15(7-9-18)13(20)16-14(21)17-15/h1-5H,6-10H2,(H2,16,17,20,21). The molecule has 0 aromatic heterocycles. The Labute approximate surface area is 122 Å². The van der Waals surface area contributed by atoms with Gasteiger partial charge >= 0.3 is 6.03 Å². The summed E-state index contributed by atoms with van der Waals surface area (Å²) in [6, 6.07) is 8.75. The van der Waals surface area contributed by atoms with E-state index >= 15 is 0 Å². The van der Waals surface area contributed by atoms with Gasteiger partial charge in [-0.15, -0.1) is 0 Å². The average Bonchev–Trinajstić information content (AvgIpc) is 2.76. The van der Waals surface area contributed by atoms with Crippen LogP contribution in [0.15, 0.2) is 30.3 Å². The van der Waals surface area contributed by atoms with Crippen LogP contribution in [0.1, 0.15) is 23.2 Å². The van der Waals surface area contributed by atoms with Crippen molar-refractivity contribution >= 4 is 17.7 Å². The number of hydrogen-bond acceptors (Lipinski definition) is 4. The minimum absolute atomic E-state index is 0.0754. The van der Waals surface area contributed by atoms with Crippen LogP contribution >= 0.6 is 0 Å². The molecule has 2 saturated heterocycles. The lowest BCUT2D eigenvalue weighted by atomic mass is 9.87. The number of imide groups is 1. The Bertz CT molecular complexity index is 577. The lowest BCUT2D eigenvalue weighted by Gasteiger charge is -2.36. The van der Waals surface area contributed by atoms with Gasteiger partial charge in [0, 0.05) is 18.7 Å². The van der Waals surface area contributed by atoms with Gasteiger partial charge in [-0.1, -0.05) is 30.3 Å². The Morgan fingerprint density at radius 1 is 1.14 bits per heavy atom. The van der Waals surface area contributed by atoms with Gasteiger partial charge in [0.15, 0.2) is 5.78 Å². The van der Waals surface area contributed by atoms with Gasteiger partial charge in [-0.2, -0.15) is 0 Å². The second kappa shape index (κ2) is 5.29. The largest absolute Gasteiger partial charge is 0.323 e. The molecule has 6 heteroatoms. The third-order valence-corrected chi connectivity index (χ3v) is 4.19. The highest BCUT2D eigenvalue weighted by atomic mass is 16.2. The van der Waals surface area contributed by atoms with Crippen LogP contribution in [0.4, 0.5) is 4.79 Å². The maximum absolute atomic E-state index is 12.2. The molecule has 0 bridgehead atoms. The molecule has 2 N–H and O–H groups in total. The molecule has 0 atom stereocenters. The van der Waals surface area contributed by atoms with Crippen LogP contribution in [0.25, 0.3) is 0 Å². The van der Waals surface area contributed by atoms with Gasteiger partial charge in [0.05, 0.1) is 6.54 Å². The van der Waals surface area contributed by atoms with E-state index in [0.717, 1.165) is 0 Å². The summed E-state index contributed by atoms with van der Waals surface area (Å²) in [5, 5.41) is 5.00. The zero-order valence-corrected chi connectivity index (χ0v) is 11.6. The van der Waals surface area contributed by atoms with E-state index < -0.39 is 11.6 Å². The topological polar surface area (TPSA) is 78.5 Å². The van der Waals surface area contributed by atoms with Crippen LogP contribution < -0.4 is 10.6 Å². The molecule has 2 heterocycles. The Kier molecular flexibility index (Phi) is 3.47. The van der Waals surface area contributed by atoms with Crippen LogP contribution in [0.5, 0.6) is 0 Å². The quantitative estimate of drug-likeness (QED) is 0.628. The maximum atomic E-state index is 12.2. The summed E-state index contributed by atoms with van der Waals surface area (Å²) in [7, 11) is 0. The van der Waals surface area contributed by atoms with Crippen molar-refractivity contribution in [2.24, 2.45) is 0 Å².